The lowest BCUT2D eigenvalue weighted by molar-refractivity contribution is 0.0690. The molecule has 0 atom stereocenters. The summed E-state index contributed by atoms with van der Waals surface area (Å²) in [6, 6.07) is 9.01. The second kappa shape index (κ2) is 6.34. The third-order valence-electron chi connectivity index (χ3n) is 2.68. The van der Waals surface area contributed by atoms with Crippen LogP contribution in [0.1, 0.15) is 21.7 Å². The van der Waals surface area contributed by atoms with Crippen LogP contribution in [0.3, 0.4) is 0 Å². The monoisotopic (exact) mass is 291 g/mol. The summed E-state index contributed by atoms with van der Waals surface area (Å²) in [4.78, 5) is 19.0. The van der Waals surface area contributed by atoms with Gasteiger partial charge < -0.3 is 10.4 Å². The molecule has 0 aliphatic heterocycles. The maximum atomic E-state index is 10.9. The summed E-state index contributed by atoms with van der Waals surface area (Å²) >= 11 is 5.81. The van der Waals surface area contributed by atoms with Crippen molar-refractivity contribution < 1.29 is 9.90 Å². The molecule has 0 aliphatic carbocycles. The molecular weight excluding hydrogens is 278 g/mol. The SMILES string of the molecule is Cc1cc(C(=O)O)nc(NCCc2ccc(Cl)cc2)n1. The fourth-order valence-electron chi connectivity index (χ4n) is 1.73. The Kier molecular flexibility index (Phi) is 4.53. The number of rotatable bonds is 5. The number of hydrogen-bond donors (Lipinski definition) is 2. The van der Waals surface area contributed by atoms with E-state index < -0.39 is 5.97 Å². The molecule has 5 nitrogen and oxygen atoms in total. The first-order chi connectivity index (χ1) is 9.54. The molecule has 0 amide bonds. The van der Waals surface area contributed by atoms with Crippen LogP contribution in [0.5, 0.6) is 0 Å². The molecule has 2 aromatic rings. The van der Waals surface area contributed by atoms with Gasteiger partial charge in [-0.1, -0.05) is 23.7 Å². The molecule has 1 aromatic heterocycles. The van der Waals surface area contributed by atoms with E-state index in [1.165, 1.54) is 6.07 Å². The molecule has 0 unspecified atom stereocenters. The minimum absolute atomic E-state index is 0.00788. The number of nitrogens with one attached hydrogen (secondary N) is 1. The van der Waals surface area contributed by atoms with Gasteiger partial charge in [0.15, 0.2) is 5.69 Å². The van der Waals surface area contributed by atoms with Gasteiger partial charge in [0, 0.05) is 17.3 Å². The molecule has 1 heterocycles. The van der Waals surface area contributed by atoms with E-state index in [-0.39, 0.29) is 5.69 Å². The topological polar surface area (TPSA) is 75.1 Å². The Hall–Kier alpha value is -2.14. The highest BCUT2D eigenvalue weighted by atomic mass is 35.5. The maximum Gasteiger partial charge on any atom is 0.354 e. The number of anilines is 1. The molecule has 0 saturated carbocycles. The van der Waals surface area contributed by atoms with Crippen LogP contribution in [-0.2, 0) is 6.42 Å². The van der Waals surface area contributed by atoms with Gasteiger partial charge in [-0.2, -0.15) is 0 Å². The van der Waals surface area contributed by atoms with Crippen LogP contribution in [0, 0.1) is 6.92 Å². The van der Waals surface area contributed by atoms with Gasteiger partial charge in [0.2, 0.25) is 5.95 Å². The number of hydrogen-bond acceptors (Lipinski definition) is 4. The summed E-state index contributed by atoms with van der Waals surface area (Å²) < 4.78 is 0. The average molecular weight is 292 g/mol. The van der Waals surface area contributed by atoms with E-state index in [0.717, 1.165) is 12.0 Å². The van der Waals surface area contributed by atoms with Gasteiger partial charge in [0.05, 0.1) is 0 Å². The second-order valence-electron chi connectivity index (χ2n) is 4.33. The molecule has 20 heavy (non-hydrogen) atoms. The first kappa shape index (κ1) is 14.3. The Morgan fingerprint density at radius 3 is 2.65 bits per heavy atom. The number of carbonyl (C=O) groups is 1. The summed E-state index contributed by atoms with van der Waals surface area (Å²) in [6.45, 7) is 2.35. The van der Waals surface area contributed by atoms with E-state index in [2.05, 4.69) is 15.3 Å². The fourth-order valence-corrected chi connectivity index (χ4v) is 1.85. The van der Waals surface area contributed by atoms with Crippen LogP contribution in [-0.4, -0.2) is 27.6 Å². The number of aryl methyl sites for hydroxylation is 1. The smallest absolute Gasteiger partial charge is 0.354 e. The van der Waals surface area contributed by atoms with Crippen molar-refractivity contribution in [3.8, 4) is 0 Å². The Morgan fingerprint density at radius 2 is 2.00 bits per heavy atom. The Balaban J connectivity index is 1.97. The van der Waals surface area contributed by atoms with Crippen LogP contribution >= 0.6 is 11.6 Å². The molecule has 0 saturated heterocycles. The molecule has 1 aromatic carbocycles. The first-order valence-electron chi connectivity index (χ1n) is 6.12. The highest BCUT2D eigenvalue weighted by molar-refractivity contribution is 6.30. The first-order valence-corrected chi connectivity index (χ1v) is 6.49. The number of halogens is 1. The van der Waals surface area contributed by atoms with Crippen LogP contribution in [0.25, 0.3) is 0 Å². The van der Waals surface area contributed by atoms with Crippen LogP contribution in [0.15, 0.2) is 30.3 Å². The van der Waals surface area contributed by atoms with Gasteiger partial charge in [0.25, 0.3) is 0 Å². The second-order valence-corrected chi connectivity index (χ2v) is 4.76. The van der Waals surface area contributed by atoms with Crippen molar-refractivity contribution >= 4 is 23.5 Å². The molecule has 6 heteroatoms. The number of benzene rings is 1. The van der Waals surface area contributed by atoms with E-state index in [1.54, 1.807) is 6.92 Å². The predicted octanol–water partition coefficient (Wildman–Crippen LogP) is 2.79. The molecule has 104 valence electrons. The van der Waals surface area contributed by atoms with Crippen LogP contribution in [0.4, 0.5) is 5.95 Å². The normalized spacial score (nSPS) is 10.3. The fraction of sp³-hybridized carbons (Fsp3) is 0.214. The number of nitrogens with zero attached hydrogens (tertiary/aromatic N) is 2. The zero-order valence-corrected chi connectivity index (χ0v) is 11.7. The predicted molar refractivity (Wildman–Crippen MR) is 77.4 cm³/mol. The zero-order chi connectivity index (χ0) is 14.5. The van der Waals surface area contributed by atoms with Crippen molar-refractivity contribution in [1.29, 1.82) is 0 Å². The average Bonchev–Trinajstić information content (AvgIpc) is 2.40. The van der Waals surface area contributed by atoms with Crippen molar-refractivity contribution in [1.82, 2.24) is 9.97 Å². The Labute approximate surface area is 121 Å². The van der Waals surface area contributed by atoms with Gasteiger partial charge in [0.1, 0.15) is 0 Å². The number of carboxylic acid groups (broad SMARTS) is 1. The lowest BCUT2D eigenvalue weighted by atomic mass is 10.1. The summed E-state index contributed by atoms with van der Waals surface area (Å²) in [5.74, 6) is -0.729. The molecule has 0 radical (unpaired) electrons. The van der Waals surface area contributed by atoms with Gasteiger partial charge in [-0.3, -0.25) is 0 Å². The van der Waals surface area contributed by atoms with E-state index in [0.29, 0.717) is 23.2 Å². The van der Waals surface area contributed by atoms with Crippen LogP contribution in [0.2, 0.25) is 5.02 Å². The lowest BCUT2D eigenvalue weighted by Gasteiger charge is -2.06. The van der Waals surface area contributed by atoms with Gasteiger partial charge in [-0.15, -0.1) is 0 Å². The molecule has 2 N–H and O–H groups in total. The summed E-state index contributed by atoms with van der Waals surface area (Å²) in [6.07, 6.45) is 0.775. The third kappa shape index (κ3) is 3.93. The molecule has 0 spiro atoms. The molecule has 0 bridgehead atoms. The largest absolute Gasteiger partial charge is 0.477 e. The minimum Gasteiger partial charge on any atom is -0.477 e. The van der Waals surface area contributed by atoms with Crippen LogP contribution < -0.4 is 5.32 Å². The van der Waals surface area contributed by atoms with E-state index in [4.69, 9.17) is 16.7 Å². The highest BCUT2D eigenvalue weighted by Crippen LogP contribution is 2.10. The molecule has 2 rings (SSSR count). The lowest BCUT2D eigenvalue weighted by Crippen LogP contribution is -2.11. The van der Waals surface area contributed by atoms with Crippen molar-refractivity contribution in [2.45, 2.75) is 13.3 Å². The number of carboxylic acids is 1. The third-order valence-corrected chi connectivity index (χ3v) is 2.94. The summed E-state index contributed by atoms with van der Waals surface area (Å²) in [5, 5.41) is 12.7. The quantitative estimate of drug-likeness (QED) is 0.886. The van der Waals surface area contributed by atoms with Crippen molar-refractivity contribution in [2.75, 3.05) is 11.9 Å². The van der Waals surface area contributed by atoms with Gasteiger partial charge in [-0.05, 0) is 37.1 Å². The summed E-state index contributed by atoms with van der Waals surface area (Å²) in [7, 11) is 0. The van der Waals surface area contributed by atoms with E-state index >= 15 is 0 Å². The summed E-state index contributed by atoms with van der Waals surface area (Å²) in [5.41, 5.74) is 1.74. The Bertz CT molecular complexity index is 614. The molecular formula is C14H14ClN3O2. The van der Waals surface area contributed by atoms with E-state index in [9.17, 15) is 4.79 Å². The maximum absolute atomic E-state index is 10.9. The standard InChI is InChI=1S/C14H14ClN3O2/c1-9-8-12(13(19)20)18-14(17-9)16-7-6-10-2-4-11(15)5-3-10/h2-5,8H,6-7H2,1H3,(H,19,20)(H,16,17,18). The zero-order valence-electron chi connectivity index (χ0n) is 10.9. The van der Waals surface area contributed by atoms with E-state index in [1.807, 2.05) is 24.3 Å². The van der Waals surface area contributed by atoms with Crippen molar-refractivity contribution in [3.05, 3.63) is 52.3 Å². The van der Waals surface area contributed by atoms with Crippen molar-refractivity contribution in [3.63, 3.8) is 0 Å². The van der Waals surface area contributed by atoms with Crippen molar-refractivity contribution in [2.24, 2.45) is 0 Å². The minimum atomic E-state index is -1.06. The van der Waals surface area contributed by atoms with Gasteiger partial charge >= 0.3 is 5.97 Å². The Morgan fingerprint density at radius 1 is 1.30 bits per heavy atom. The van der Waals surface area contributed by atoms with Gasteiger partial charge in [-0.25, -0.2) is 14.8 Å². The molecule has 0 aliphatic rings. The number of aromatic carboxylic acids is 1. The number of aromatic nitrogens is 2. The molecule has 0 fully saturated rings. The highest BCUT2D eigenvalue weighted by Gasteiger charge is 2.08.